The zero-order chi connectivity index (χ0) is 17.3. The Labute approximate surface area is 141 Å². The van der Waals surface area contributed by atoms with Gasteiger partial charge in [-0.2, -0.15) is 0 Å². The summed E-state index contributed by atoms with van der Waals surface area (Å²) in [6, 6.07) is 8.61. The van der Waals surface area contributed by atoms with E-state index in [2.05, 4.69) is 4.98 Å². The van der Waals surface area contributed by atoms with E-state index >= 15 is 0 Å². The maximum atomic E-state index is 13.7. The van der Waals surface area contributed by atoms with Gasteiger partial charge < -0.3 is 4.74 Å². The van der Waals surface area contributed by atoms with Crippen LogP contribution in [0.15, 0.2) is 47.5 Å². The Morgan fingerprint density at radius 3 is 2.79 bits per heavy atom. The second-order valence-corrected chi connectivity index (χ2v) is 5.55. The Hall–Kier alpha value is -2.73. The molecule has 0 spiro atoms. The summed E-state index contributed by atoms with van der Waals surface area (Å²) in [5.74, 6) is -0.997. The van der Waals surface area contributed by atoms with Crippen molar-refractivity contribution >= 4 is 28.3 Å². The molecule has 122 valence electrons. The van der Waals surface area contributed by atoms with Crippen molar-refractivity contribution in [2.24, 2.45) is 0 Å². The van der Waals surface area contributed by atoms with Crippen LogP contribution >= 0.6 is 11.6 Å². The molecule has 1 aromatic heterocycles. The fraction of sp³-hybridized carbons (Fsp3) is 0.118. The van der Waals surface area contributed by atoms with E-state index in [1.54, 1.807) is 18.2 Å². The number of aromatic nitrogens is 2. The lowest BCUT2D eigenvalue weighted by molar-refractivity contribution is 0.0970. The molecule has 7 heteroatoms. The van der Waals surface area contributed by atoms with Gasteiger partial charge in [0.1, 0.15) is 0 Å². The van der Waals surface area contributed by atoms with E-state index in [9.17, 15) is 14.0 Å². The normalized spacial score (nSPS) is 10.8. The summed E-state index contributed by atoms with van der Waals surface area (Å²) >= 11 is 5.87. The molecule has 0 N–H and O–H groups in total. The van der Waals surface area contributed by atoms with Crippen LogP contribution in [0.3, 0.4) is 0 Å². The van der Waals surface area contributed by atoms with E-state index in [1.165, 1.54) is 30.1 Å². The molecule has 0 aliphatic heterocycles. The molecule has 0 amide bonds. The van der Waals surface area contributed by atoms with Crippen LogP contribution < -0.4 is 10.3 Å². The van der Waals surface area contributed by atoms with Gasteiger partial charge in [-0.3, -0.25) is 14.2 Å². The van der Waals surface area contributed by atoms with Crippen LogP contribution in [0.1, 0.15) is 10.4 Å². The van der Waals surface area contributed by atoms with Gasteiger partial charge in [0.15, 0.2) is 17.3 Å². The van der Waals surface area contributed by atoms with Crippen LogP contribution in [0.25, 0.3) is 10.9 Å². The number of hydrogen-bond acceptors (Lipinski definition) is 4. The molecule has 0 bridgehead atoms. The molecule has 0 saturated carbocycles. The molecule has 1 heterocycles. The Morgan fingerprint density at radius 1 is 1.29 bits per heavy atom. The standard InChI is InChI=1S/C17H12ClFN2O3/c1-24-16-5-2-10(6-13(16)19)15(22)8-21-9-20-14-7-11(18)3-4-12(14)17(21)23/h2-7,9H,8H2,1H3. The van der Waals surface area contributed by atoms with Crippen molar-refractivity contribution in [2.45, 2.75) is 6.54 Å². The quantitative estimate of drug-likeness (QED) is 0.681. The van der Waals surface area contributed by atoms with Crippen molar-refractivity contribution < 1.29 is 13.9 Å². The van der Waals surface area contributed by atoms with E-state index < -0.39 is 11.6 Å². The zero-order valence-corrected chi connectivity index (χ0v) is 13.4. The highest BCUT2D eigenvalue weighted by Gasteiger charge is 2.13. The number of Topliss-reactive ketones (excluding diaryl/α,β-unsaturated/α-hetero) is 1. The van der Waals surface area contributed by atoms with Crippen molar-refractivity contribution in [1.29, 1.82) is 0 Å². The van der Waals surface area contributed by atoms with Gasteiger partial charge >= 0.3 is 0 Å². The number of benzene rings is 2. The number of ether oxygens (including phenoxy) is 1. The van der Waals surface area contributed by atoms with E-state index in [0.29, 0.717) is 15.9 Å². The molecule has 3 aromatic rings. The smallest absolute Gasteiger partial charge is 0.261 e. The lowest BCUT2D eigenvalue weighted by atomic mass is 10.1. The van der Waals surface area contributed by atoms with Gasteiger partial charge in [0.25, 0.3) is 5.56 Å². The van der Waals surface area contributed by atoms with Gasteiger partial charge in [0, 0.05) is 10.6 Å². The summed E-state index contributed by atoms with van der Waals surface area (Å²) in [7, 11) is 1.34. The minimum absolute atomic E-state index is 0.0490. The average Bonchev–Trinajstić information content (AvgIpc) is 2.57. The third-order valence-electron chi connectivity index (χ3n) is 3.57. The minimum atomic E-state index is -0.637. The molecule has 2 aromatic carbocycles. The van der Waals surface area contributed by atoms with Gasteiger partial charge in [-0.15, -0.1) is 0 Å². The number of hydrogen-bond donors (Lipinski definition) is 0. The first-order valence-electron chi connectivity index (χ1n) is 7.01. The van der Waals surface area contributed by atoms with Crippen molar-refractivity contribution in [3.05, 3.63) is 69.5 Å². The third-order valence-corrected chi connectivity index (χ3v) is 3.81. The first kappa shape index (κ1) is 16.1. The van der Waals surface area contributed by atoms with Crippen molar-refractivity contribution in [2.75, 3.05) is 7.11 Å². The number of fused-ring (bicyclic) bond motifs is 1. The lowest BCUT2D eigenvalue weighted by Crippen LogP contribution is -2.24. The van der Waals surface area contributed by atoms with Crippen LogP contribution in [0.2, 0.25) is 5.02 Å². The van der Waals surface area contributed by atoms with Crippen molar-refractivity contribution in [3.8, 4) is 5.75 Å². The Balaban J connectivity index is 1.93. The first-order chi connectivity index (χ1) is 11.5. The molecular weight excluding hydrogens is 335 g/mol. The van der Waals surface area contributed by atoms with Crippen LogP contribution in [0, 0.1) is 5.82 Å². The molecule has 0 atom stereocenters. The Kier molecular flexibility index (Phi) is 4.31. The van der Waals surface area contributed by atoms with Crippen molar-refractivity contribution in [3.63, 3.8) is 0 Å². The van der Waals surface area contributed by atoms with Gasteiger partial charge in [0.05, 0.1) is 30.9 Å². The maximum Gasteiger partial charge on any atom is 0.261 e. The van der Waals surface area contributed by atoms with Crippen LogP contribution in [-0.2, 0) is 6.54 Å². The predicted octanol–water partition coefficient (Wildman–Crippen LogP) is 3.08. The van der Waals surface area contributed by atoms with Gasteiger partial charge in [-0.1, -0.05) is 11.6 Å². The molecule has 5 nitrogen and oxygen atoms in total. The van der Waals surface area contributed by atoms with Gasteiger partial charge in [-0.05, 0) is 36.4 Å². The fourth-order valence-electron chi connectivity index (χ4n) is 2.33. The van der Waals surface area contributed by atoms with Crippen molar-refractivity contribution in [1.82, 2.24) is 9.55 Å². The molecule has 0 saturated heterocycles. The van der Waals surface area contributed by atoms with E-state index in [0.717, 1.165) is 6.07 Å². The fourth-order valence-corrected chi connectivity index (χ4v) is 2.50. The number of carbonyl (C=O) groups is 1. The summed E-state index contributed by atoms with van der Waals surface area (Å²) in [5.41, 5.74) is 0.238. The van der Waals surface area contributed by atoms with Gasteiger partial charge in [-0.25, -0.2) is 9.37 Å². The molecule has 0 fully saturated rings. The van der Waals surface area contributed by atoms with Crippen LogP contribution in [0.4, 0.5) is 4.39 Å². The van der Waals surface area contributed by atoms with Crippen LogP contribution in [-0.4, -0.2) is 22.4 Å². The SMILES string of the molecule is COc1ccc(C(=O)Cn2cnc3cc(Cl)ccc3c2=O)cc1F. The predicted molar refractivity (Wildman–Crippen MR) is 88.3 cm³/mol. The summed E-state index contributed by atoms with van der Waals surface area (Å²) < 4.78 is 19.7. The number of methoxy groups -OCH3 is 1. The lowest BCUT2D eigenvalue weighted by Gasteiger charge is -2.07. The topological polar surface area (TPSA) is 61.2 Å². The summed E-state index contributed by atoms with van der Waals surface area (Å²) in [4.78, 5) is 28.8. The molecule has 3 rings (SSSR count). The second kappa shape index (κ2) is 6.41. The second-order valence-electron chi connectivity index (χ2n) is 5.11. The molecular formula is C17H12ClFN2O3. The monoisotopic (exact) mass is 346 g/mol. The highest BCUT2D eigenvalue weighted by atomic mass is 35.5. The minimum Gasteiger partial charge on any atom is -0.494 e. The Bertz CT molecular complexity index is 1000. The number of carbonyl (C=O) groups excluding carboxylic acids is 1. The molecule has 0 radical (unpaired) electrons. The number of rotatable bonds is 4. The highest BCUT2D eigenvalue weighted by molar-refractivity contribution is 6.31. The van der Waals surface area contributed by atoms with Gasteiger partial charge in [0.2, 0.25) is 0 Å². The summed E-state index contributed by atoms with van der Waals surface area (Å²) in [6.07, 6.45) is 1.28. The largest absolute Gasteiger partial charge is 0.494 e. The Morgan fingerprint density at radius 2 is 2.08 bits per heavy atom. The summed E-state index contributed by atoms with van der Waals surface area (Å²) in [6.45, 7) is -0.240. The first-order valence-corrected chi connectivity index (χ1v) is 7.39. The summed E-state index contributed by atoms with van der Waals surface area (Å²) in [5, 5.41) is 0.826. The highest BCUT2D eigenvalue weighted by Crippen LogP contribution is 2.18. The average molecular weight is 347 g/mol. The van der Waals surface area contributed by atoms with E-state index in [4.69, 9.17) is 16.3 Å². The number of halogens is 2. The third kappa shape index (κ3) is 3.00. The van der Waals surface area contributed by atoms with E-state index in [-0.39, 0.29) is 23.4 Å². The zero-order valence-electron chi connectivity index (χ0n) is 12.6. The molecule has 24 heavy (non-hydrogen) atoms. The number of nitrogens with zero attached hydrogens (tertiary/aromatic N) is 2. The van der Waals surface area contributed by atoms with Crippen LogP contribution in [0.5, 0.6) is 5.75 Å². The van der Waals surface area contributed by atoms with E-state index in [1.807, 2.05) is 0 Å². The number of ketones is 1. The molecule has 0 aliphatic rings. The maximum absolute atomic E-state index is 13.7. The molecule has 0 aliphatic carbocycles. The molecule has 0 unspecified atom stereocenters.